The number of rotatable bonds is 6. The van der Waals surface area contributed by atoms with Crippen molar-refractivity contribution in [2.45, 2.75) is 0 Å². The zero-order chi connectivity index (χ0) is 19.4. The minimum absolute atomic E-state index is 0.0617. The second-order valence-corrected chi connectivity index (χ2v) is 7.85. The molecule has 2 aliphatic heterocycles. The van der Waals surface area contributed by atoms with Crippen molar-refractivity contribution in [3.63, 3.8) is 0 Å². The lowest BCUT2D eigenvalue weighted by Crippen LogP contribution is -2.39. The van der Waals surface area contributed by atoms with Gasteiger partial charge in [-0.3, -0.25) is 4.79 Å². The lowest BCUT2D eigenvalue weighted by molar-refractivity contribution is -0.125. The van der Waals surface area contributed by atoms with E-state index in [1.807, 2.05) is 0 Å². The molecule has 0 aliphatic carbocycles. The zero-order valence-corrected chi connectivity index (χ0v) is 16.0. The summed E-state index contributed by atoms with van der Waals surface area (Å²) in [7, 11) is -0.111. The number of hydrogen-bond acceptors (Lipinski definition) is 6. The molecule has 27 heavy (non-hydrogen) atoms. The molecule has 0 spiro atoms. The van der Waals surface area contributed by atoms with Gasteiger partial charge in [-0.15, -0.1) is 4.40 Å². The molecule has 0 saturated heterocycles. The fourth-order valence-corrected chi connectivity index (χ4v) is 3.59. The third kappa shape index (κ3) is 4.68. The fourth-order valence-electron chi connectivity index (χ4n) is 2.62. The van der Waals surface area contributed by atoms with E-state index >= 15 is 0 Å². The molecule has 9 heteroatoms. The Hall–Kier alpha value is -2.81. The number of benzene rings is 1. The molecule has 0 aromatic heterocycles. The van der Waals surface area contributed by atoms with E-state index in [1.54, 1.807) is 66.6 Å². The summed E-state index contributed by atoms with van der Waals surface area (Å²) >= 11 is 0. The summed E-state index contributed by atoms with van der Waals surface area (Å²) in [4.78, 5) is 15.8. The molecule has 0 N–H and O–H groups in total. The second kappa shape index (κ2) is 7.83. The van der Waals surface area contributed by atoms with Gasteiger partial charge in [0.2, 0.25) is 0 Å². The number of nitrogens with zero attached hydrogens (tertiary/aromatic N) is 3. The van der Waals surface area contributed by atoms with E-state index in [-0.39, 0.29) is 18.2 Å². The van der Waals surface area contributed by atoms with Gasteiger partial charge in [0.15, 0.2) is 0 Å². The number of ether oxygens (including phenoxy) is 2. The quantitative estimate of drug-likeness (QED) is 0.720. The van der Waals surface area contributed by atoms with Gasteiger partial charge in [0.25, 0.3) is 15.9 Å². The van der Waals surface area contributed by atoms with Gasteiger partial charge in [-0.25, -0.2) is 8.42 Å². The van der Waals surface area contributed by atoms with Crippen LogP contribution >= 0.6 is 0 Å². The maximum absolute atomic E-state index is 12.6. The van der Waals surface area contributed by atoms with Crippen LogP contribution in [0.25, 0.3) is 0 Å². The van der Waals surface area contributed by atoms with Gasteiger partial charge in [-0.2, -0.15) is 0 Å². The van der Waals surface area contributed by atoms with Crippen LogP contribution in [-0.4, -0.2) is 69.6 Å². The molecule has 2 heterocycles. The Labute approximate surface area is 158 Å². The van der Waals surface area contributed by atoms with E-state index in [0.29, 0.717) is 30.3 Å². The SMILES string of the molecule is COc1ccc(OCCN(C)C(=O)C2=CN3CCS(=O)(=O)N=C3C=C2)cc1. The number of methoxy groups -OCH3 is 1. The second-order valence-electron chi connectivity index (χ2n) is 6.10. The lowest BCUT2D eigenvalue weighted by Gasteiger charge is -2.28. The van der Waals surface area contributed by atoms with Gasteiger partial charge in [0, 0.05) is 19.8 Å². The first-order valence-electron chi connectivity index (χ1n) is 8.39. The molecular weight excluding hydrogens is 370 g/mol. The maximum Gasteiger partial charge on any atom is 0.256 e. The molecule has 0 saturated carbocycles. The summed E-state index contributed by atoms with van der Waals surface area (Å²) < 4.78 is 37.5. The van der Waals surface area contributed by atoms with Gasteiger partial charge in [-0.05, 0) is 36.4 Å². The summed E-state index contributed by atoms with van der Waals surface area (Å²) in [6, 6.07) is 7.22. The third-order valence-electron chi connectivity index (χ3n) is 4.17. The number of carbonyl (C=O) groups is 1. The molecule has 2 aliphatic rings. The lowest BCUT2D eigenvalue weighted by atomic mass is 10.1. The molecule has 0 radical (unpaired) electrons. The van der Waals surface area contributed by atoms with Crippen LogP contribution in [0.4, 0.5) is 0 Å². The van der Waals surface area contributed by atoms with Crippen LogP contribution in [-0.2, 0) is 14.8 Å². The molecule has 0 atom stereocenters. The molecule has 8 nitrogen and oxygen atoms in total. The standard InChI is InChI=1S/C18H21N3O5S/c1-20(9-11-26-16-6-4-15(25-2)5-7-16)18(22)14-3-8-17-19-27(23,24)12-10-21(17)13-14/h3-8,13H,9-12H2,1-2H3. The highest BCUT2D eigenvalue weighted by molar-refractivity contribution is 7.90. The maximum atomic E-state index is 12.6. The van der Waals surface area contributed by atoms with E-state index in [2.05, 4.69) is 4.40 Å². The van der Waals surface area contributed by atoms with Gasteiger partial charge in [0.05, 0.1) is 25.0 Å². The first-order valence-corrected chi connectivity index (χ1v) is 10.0. The molecule has 1 aromatic rings. The van der Waals surface area contributed by atoms with E-state index in [1.165, 1.54) is 0 Å². The highest BCUT2D eigenvalue weighted by Crippen LogP contribution is 2.18. The predicted octanol–water partition coefficient (Wildman–Crippen LogP) is 1.03. The van der Waals surface area contributed by atoms with Gasteiger partial charge < -0.3 is 19.3 Å². The minimum Gasteiger partial charge on any atom is -0.497 e. The Bertz CT molecular complexity index is 903. The Morgan fingerprint density at radius 3 is 2.63 bits per heavy atom. The van der Waals surface area contributed by atoms with Gasteiger partial charge >= 0.3 is 0 Å². The summed E-state index contributed by atoms with van der Waals surface area (Å²) in [6.07, 6.45) is 4.77. The van der Waals surface area contributed by atoms with Crippen molar-refractivity contribution in [3.05, 3.63) is 48.2 Å². The topological polar surface area (TPSA) is 88.5 Å². The highest BCUT2D eigenvalue weighted by Gasteiger charge is 2.25. The summed E-state index contributed by atoms with van der Waals surface area (Å²) in [5.74, 6) is 1.55. The van der Waals surface area contributed by atoms with Crippen molar-refractivity contribution < 1.29 is 22.7 Å². The normalized spacial score (nSPS) is 17.5. The van der Waals surface area contributed by atoms with Crippen molar-refractivity contribution in [1.29, 1.82) is 0 Å². The number of hydrogen-bond donors (Lipinski definition) is 0. The Morgan fingerprint density at radius 1 is 1.22 bits per heavy atom. The number of carbonyl (C=O) groups excluding carboxylic acids is 1. The monoisotopic (exact) mass is 391 g/mol. The molecular formula is C18H21N3O5S. The largest absolute Gasteiger partial charge is 0.497 e. The van der Waals surface area contributed by atoms with Crippen LogP contribution in [0.15, 0.2) is 52.6 Å². The summed E-state index contributed by atoms with van der Waals surface area (Å²) in [5, 5.41) is 0. The molecule has 0 bridgehead atoms. The van der Waals surface area contributed by atoms with Crippen LogP contribution in [0.1, 0.15) is 0 Å². The molecule has 1 aromatic carbocycles. The van der Waals surface area contributed by atoms with Crippen LogP contribution < -0.4 is 9.47 Å². The van der Waals surface area contributed by atoms with Crippen molar-refractivity contribution >= 4 is 21.8 Å². The molecule has 3 rings (SSSR count). The number of fused-ring (bicyclic) bond motifs is 1. The van der Waals surface area contributed by atoms with E-state index < -0.39 is 10.0 Å². The summed E-state index contributed by atoms with van der Waals surface area (Å²) in [5.41, 5.74) is 0.472. The number of sulfonamides is 1. The van der Waals surface area contributed by atoms with Crippen LogP contribution in [0.5, 0.6) is 11.5 Å². The fraction of sp³-hybridized carbons (Fsp3) is 0.333. The average molecular weight is 391 g/mol. The van der Waals surface area contributed by atoms with Crippen molar-refractivity contribution in [1.82, 2.24) is 9.80 Å². The van der Waals surface area contributed by atoms with E-state index in [9.17, 15) is 13.2 Å². The van der Waals surface area contributed by atoms with Crippen molar-refractivity contribution in [3.8, 4) is 11.5 Å². The van der Waals surface area contributed by atoms with Crippen molar-refractivity contribution in [2.24, 2.45) is 4.40 Å². The first kappa shape index (κ1) is 19.0. The minimum atomic E-state index is -3.40. The molecule has 0 unspecified atom stereocenters. The zero-order valence-electron chi connectivity index (χ0n) is 15.2. The van der Waals surface area contributed by atoms with E-state index in [0.717, 1.165) is 5.75 Å². The van der Waals surface area contributed by atoms with Crippen molar-refractivity contribution in [2.75, 3.05) is 39.6 Å². The average Bonchev–Trinajstić information content (AvgIpc) is 2.66. The van der Waals surface area contributed by atoms with Crippen LogP contribution in [0.2, 0.25) is 0 Å². The van der Waals surface area contributed by atoms with Crippen LogP contribution in [0.3, 0.4) is 0 Å². The number of amidine groups is 1. The Kier molecular flexibility index (Phi) is 5.50. The Balaban J connectivity index is 1.54. The third-order valence-corrected chi connectivity index (χ3v) is 5.34. The smallest absolute Gasteiger partial charge is 0.256 e. The molecule has 1 amide bonds. The Morgan fingerprint density at radius 2 is 1.93 bits per heavy atom. The van der Waals surface area contributed by atoms with Gasteiger partial charge in [-0.1, -0.05) is 0 Å². The first-order chi connectivity index (χ1) is 12.9. The number of likely N-dealkylation sites (N-methyl/N-ethyl adjacent to an activating group) is 1. The predicted molar refractivity (Wildman–Crippen MR) is 101 cm³/mol. The summed E-state index contributed by atoms with van der Waals surface area (Å²) in [6.45, 7) is 1.04. The van der Waals surface area contributed by atoms with Gasteiger partial charge in [0.1, 0.15) is 23.9 Å². The van der Waals surface area contributed by atoms with E-state index in [4.69, 9.17) is 9.47 Å². The number of amides is 1. The molecule has 0 fully saturated rings. The molecule has 144 valence electrons. The van der Waals surface area contributed by atoms with Crippen LogP contribution in [0, 0.1) is 0 Å². The highest BCUT2D eigenvalue weighted by atomic mass is 32.2.